The van der Waals surface area contributed by atoms with Crippen molar-refractivity contribution in [2.24, 2.45) is 0 Å². The molecule has 0 saturated heterocycles. The average molecular weight is 1450 g/mol. The Labute approximate surface area is 598 Å². The van der Waals surface area contributed by atoms with Gasteiger partial charge in [0.25, 0.3) is 0 Å². The lowest BCUT2D eigenvalue weighted by Gasteiger charge is -2.30. The molecular weight excluding hydrogens is 1310 g/mol. The molecule has 0 spiro atoms. The Balaban J connectivity index is 0. The molecule has 0 aliphatic heterocycles. The molecule has 4 N–H and O–H groups in total. The van der Waals surface area contributed by atoms with E-state index < -0.39 is 55.7 Å². The Morgan fingerprint density at radius 1 is 0.245 bits per heavy atom. The van der Waals surface area contributed by atoms with E-state index in [1.54, 1.807) is 0 Å². The summed E-state index contributed by atoms with van der Waals surface area (Å²) < 4.78 is 91.0. The highest BCUT2D eigenvalue weighted by Gasteiger charge is 2.46. The smallest absolute Gasteiger partial charge is 0.302 e. The van der Waals surface area contributed by atoms with E-state index in [2.05, 4.69) is 243 Å². The SMILES string of the molecule is CC(C)=CCC/C(C)=C/CC(/C=C(\C)CCC=C(C)C)OP(=O)(OC(/C=C(\C)CCC=C(C)C)C/C=C(\C)CCC=C(C)C)OP(=O)(OC(/C=C(\C)CCC=C(C)C)C/C=C(\C)CCC=C(C)C)OC(/C=C(\C)CCC=C(C)C)C/C=C(\C)CCC=C(C)C.O=P(O)(O)OP(=O)(O)O. The third-order valence-corrected chi connectivity index (χ3v) is 20.3. The summed E-state index contributed by atoms with van der Waals surface area (Å²) in [5.41, 5.74) is 19.1. The highest BCUT2D eigenvalue weighted by Crippen LogP contribution is 2.69. The highest BCUT2D eigenvalue weighted by atomic mass is 31.3. The van der Waals surface area contributed by atoms with Crippen LogP contribution in [0.15, 0.2) is 186 Å². The van der Waals surface area contributed by atoms with Crippen LogP contribution < -0.4 is 0 Å². The van der Waals surface area contributed by atoms with Gasteiger partial charge in [-0.2, -0.15) is 8.62 Å². The van der Waals surface area contributed by atoms with E-state index in [9.17, 15) is 9.13 Å². The van der Waals surface area contributed by atoms with Crippen molar-refractivity contribution in [3.8, 4) is 0 Å². The highest BCUT2D eigenvalue weighted by molar-refractivity contribution is 7.62. The van der Waals surface area contributed by atoms with Crippen LogP contribution in [0.4, 0.5) is 0 Å². The minimum Gasteiger partial charge on any atom is -0.302 e. The molecule has 0 aromatic rings. The Morgan fingerprint density at radius 2 is 0.398 bits per heavy atom. The van der Waals surface area contributed by atoms with Crippen molar-refractivity contribution >= 4 is 31.3 Å². The number of hydrogen-bond donors (Lipinski definition) is 4. The summed E-state index contributed by atoms with van der Waals surface area (Å²) in [6.45, 7) is 50.8. The van der Waals surface area contributed by atoms with Crippen LogP contribution in [-0.4, -0.2) is 44.0 Å². The first-order valence-corrected chi connectivity index (χ1v) is 41.2. The molecule has 18 heteroatoms. The van der Waals surface area contributed by atoms with Gasteiger partial charge in [0.05, 0.1) is 24.4 Å². The second-order valence-electron chi connectivity index (χ2n) is 28.4. The van der Waals surface area contributed by atoms with Crippen LogP contribution in [0, 0.1) is 0 Å². The largest absolute Gasteiger partial charge is 0.484 e. The van der Waals surface area contributed by atoms with Gasteiger partial charge in [-0.3, -0.25) is 18.1 Å². The lowest BCUT2D eigenvalue weighted by molar-refractivity contribution is 0.0689. The van der Waals surface area contributed by atoms with Gasteiger partial charge in [0.15, 0.2) is 0 Å². The lowest BCUT2D eigenvalue weighted by atomic mass is 10.0. The van der Waals surface area contributed by atoms with E-state index in [1.165, 1.54) is 66.9 Å². The van der Waals surface area contributed by atoms with Gasteiger partial charge in [-0.05, 0) is 295 Å². The second-order valence-corrected chi connectivity index (χ2v) is 34.3. The van der Waals surface area contributed by atoms with E-state index in [-0.39, 0.29) is 0 Å². The van der Waals surface area contributed by atoms with E-state index in [0.717, 1.165) is 125 Å². The predicted molar refractivity (Wildman–Crippen MR) is 419 cm³/mol. The van der Waals surface area contributed by atoms with Crippen LogP contribution in [-0.2, 0) is 45.0 Å². The standard InChI is InChI=1S/C80H132O7P2.H4O7P2/c1-61(2)33-25-41-69(17)49-53-77(57-73(21)45-29-37-65(9)10)83-88(81,84-78(58-74(22)46-30-38-66(11)12)54-50-70(18)42-26-34-62(3)4)87-89(82,85-79(59-75(23)47-31-39-67(13)14)55-51-71(19)43-27-35-63(5)6)86-80(60-76(24)48-32-40-68(15)16)56-52-72(20)44-28-36-64(7)8;1-8(2,3)7-9(4,5)6/h33-40,49-52,57-60,77-80H,25-32,41-48,53-56H2,1-24H3;(H2,1,2,3)(H2,4,5,6)/b69-49+,70-50+,71-51+,72-52+,73-57+,74-58+,75-59+,76-60+;. The summed E-state index contributed by atoms with van der Waals surface area (Å²) in [5.74, 6) is 0. The molecule has 0 rings (SSSR count). The maximum atomic E-state index is 16.9. The quantitative estimate of drug-likeness (QED) is 0.0331. The van der Waals surface area contributed by atoms with E-state index in [1.807, 2.05) is 24.3 Å². The zero-order chi connectivity index (χ0) is 75.2. The fourth-order valence-electron chi connectivity index (χ4n) is 9.61. The Kier molecular flexibility index (Phi) is 52.3. The molecule has 98 heavy (non-hydrogen) atoms. The van der Waals surface area contributed by atoms with Crippen molar-refractivity contribution in [1.82, 2.24) is 0 Å². The molecule has 0 aromatic carbocycles. The Morgan fingerprint density at radius 3 is 0.531 bits per heavy atom. The van der Waals surface area contributed by atoms with Crippen molar-refractivity contribution in [1.29, 1.82) is 0 Å². The van der Waals surface area contributed by atoms with Gasteiger partial charge in [0.2, 0.25) is 0 Å². The number of phosphoric ester groups is 2. The maximum absolute atomic E-state index is 16.9. The summed E-state index contributed by atoms with van der Waals surface area (Å²) in [6, 6.07) is 0. The third-order valence-electron chi connectivity index (χ3n) is 14.9. The summed E-state index contributed by atoms with van der Waals surface area (Å²) in [4.78, 5) is 31.0. The molecular formula is C80H136O14P4. The Bertz CT molecular complexity index is 2700. The molecule has 4 unspecified atom stereocenters. The fraction of sp³-hybridized carbons (Fsp3) is 0.600. The predicted octanol–water partition coefficient (Wildman–Crippen LogP) is 27.1. The van der Waals surface area contributed by atoms with E-state index >= 15 is 9.13 Å². The van der Waals surface area contributed by atoms with Crippen LogP contribution in [0.3, 0.4) is 0 Å². The molecule has 0 radical (unpaired) electrons. The summed E-state index contributed by atoms with van der Waals surface area (Å²) in [6.07, 6.45) is 46.5. The molecule has 14 nitrogen and oxygen atoms in total. The van der Waals surface area contributed by atoms with Crippen molar-refractivity contribution in [3.05, 3.63) is 186 Å². The zero-order valence-corrected chi connectivity index (χ0v) is 68.9. The molecule has 4 atom stereocenters. The molecule has 0 saturated carbocycles. The molecule has 0 aliphatic carbocycles. The topological polar surface area (TPSA) is 205 Å². The van der Waals surface area contributed by atoms with Gasteiger partial charge in [0, 0.05) is 0 Å². The van der Waals surface area contributed by atoms with Crippen LogP contribution in [0.5, 0.6) is 0 Å². The number of phosphoric acid groups is 4. The molecule has 0 amide bonds. The van der Waals surface area contributed by atoms with Crippen LogP contribution in [0.2, 0.25) is 0 Å². The first kappa shape index (κ1) is 96.4. The molecule has 0 bridgehead atoms. The van der Waals surface area contributed by atoms with Gasteiger partial charge in [-0.15, -0.1) is 0 Å². The summed E-state index contributed by atoms with van der Waals surface area (Å²) >= 11 is 0. The number of hydrogen-bond acceptors (Lipinski definition) is 10. The van der Waals surface area contributed by atoms with Gasteiger partial charge in [0.1, 0.15) is 0 Å². The first-order chi connectivity index (χ1) is 45.4. The average Bonchev–Trinajstić information content (AvgIpc) is 0.803. The minimum atomic E-state index is -5.05. The Hall–Kier alpha value is -3.64. The van der Waals surface area contributed by atoms with Crippen molar-refractivity contribution < 1.29 is 64.6 Å². The minimum absolute atomic E-state index is 0.370. The van der Waals surface area contributed by atoms with Crippen molar-refractivity contribution in [2.45, 2.75) is 319 Å². The summed E-state index contributed by atoms with van der Waals surface area (Å²) in [7, 11) is -20.1. The maximum Gasteiger partial charge on any atom is 0.484 e. The lowest BCUT2D eigenvalue weighted by Crippen LogP contribution is -2.19. The number of rotatable bonds is 48. The zero-order valence-electron chi connectivity index (χ0n) is 65.3. The van der Waals surface area contributed by atoms with Crippen LogP contribution >= 0.6 is 31.3 Å². The van der Waals surface area contributed by atoms with E-state index in [0.29, 0.717) is 25.7 Å². The third kappa shape index (κ3) is 61.1. The number of allylic oxidation sites excluding steroid dienone is 24. The fourth-order valence-corrected chi connectivity index (χ4v) is 14.3. The first-order valence-electron chi connectivity index (χ1n) is 35.2. The van der Waals surface area contributed by atoms with E-state index in [4.69, 9.17) is 42.0 Å². The van der Waals surface area contributed by atoms with Crippen LogP contribution in [0.1, 0.15) is 295 Å². The molecule has 0 aliphatic rings. The van der Waals surface area contributed by atoms with Crippen LogP contribution in [0.25, 0.3) is 0 Å². The van der Waals surface area contributed by atoms with Gasteiger partial charge in [-0.1, -0.05) is 186 Å². The van der Waals surface area contributed by atoms with Gasteiger partial charge < -0.3 is 19.6 Å². The molecule has 0 fully saturated rings. The monoisotopic (exact) mass is 1440 g/mol. The van der Waals surface area contributed by atoms with Crippen molar-refractivity contribution in [2.75, 3.05) is 0 Å². The molecule has 0 heterocycles. The van der Waals surface area contributed by atoms with Crippen molar-refractivity contribution in [3.63, 3.8) is 0 Å². The second kappa shape index (κ2) is 53.2. The summed E-state index contributed by atoms with van der Waals surface area (Å²) in [5, 5.41) is 0. The van der Waals surface area contributed by atoms with Gasteiger partial charge >= 0.3 is 31.3 Å². The molecule has 560 valence electrons. The molecule has 0 aromatic heterocycles. The normalized spacial score (nSPS) is 15.6. The van der Waals surface area contributed by atoms with Gasteiger partial charge in [-0.25, -0.2) is 18.3 Å².